The fraction of sp³-hybridized carbons (Fsp3) is 0.615. The Morgan fingerprint density at radius 2 is 2.19 bits per heavy atom. The molecule has 16 heavy (non-hydrogen) atoms. The molecule has 2 heterocycles. The van der Waals surface area contributed by atoms with Gasteiger partial charge in [0.1, 0.15) is 5.82 Å². The zero-order valence-electron chi connectivity index (χ0n) is 10.1. The van der Waals surface area contributed by atoms with E-state index in [9.17, 15) is 5.11 Å². The fourth-order valence-electron chi connectivity index (χ4n) is 2.19. The molecule has 2 rings (SSSR count). The molecule has 1 N–H and O–H groups in total. The molecule has 1 aliphatic heterocycles. The van der Waals surface area contributed by atoms with Crippen LogP contribution < -0.4 is 4.90 Å². The van der Waals surface area contributed by atoms with Gasteiger partial charge in [-0.05, 0) is 50.8 Å². The van der Waals surface area contributed by atoms with Crippen LogP contribution >= 0.6 is 0 Å². The normalized spacial score (nSPS) is 26.6. The minimum atomic E-state index is -0.501. The van der Waals surface area contributed by atoms with Crippen LogP contribution in [0.25, 0.3) is 0 Å². The van der Waals surface area contributed by atoms with Crippen LogP contribution in [0, 0.1) is 6.92 Å². The SMILES string of the molecule is Cc1ccnc(N2CCCC(C)(O)CC2)c1. The molecule has 0 amide bonds. The smallest absolute Gasteiger partial charge is 0.128 e. The van der Waals surface area contributed by atoms with E-state index in [1.54, 1.807) is 0 Å². The molecule has 0 aliphatic carbocycles. The van der Waals surface area contributed by atoms with E-state index in [4.69, 9.17) is 0 Å². The van der Waals surface area contributed by atoms with E-state index >= 15 is 0 Å². The van der Waals surface area contributed by atoms with E-state index in [1.165, 1.54) is 5.56 Å². The van der Waals surface area contributed by atoms with Crippen molar-refractivity contribution in [3.05, 3.63) is 23.9 Å². The first-order valence-corrected chi connectivity index (χ1v) is 5.97. The first kappa shape index (κ1) is 11.4. The number of anilines is 1. The zero-order chi connectivity index (χ0) is 11.6. The van der Waals surface area contributed by atoms with Crippen molar-refractivity contribution in [3.8, 4) is 0 Å². The summed E-state index contributed by atoms with van der Waals surface area (Å²) in [7, 11) is 0. The minimum absolute atomic E-state index is 0.501. The summed E-state index contributed by atoms with van der Waals surface area (Å²) in [5.41, 5.74) is 0.736. The summed E-state index contributed by atoms with van der Waals surface area (Å²) in [6.45, 7) is 5.90. The second kappa shape index (κ2) is 4.42. The number of aliphatic hydroxyl groups is 1. The maximum Gasteiger partial charge on any atom is 0.128 e. The molecule has 1 fully saturated rings. The van der Waals surface area contributed by atoms with Crippen molar-refractivity contribution in [2.75, 3.05) is 18.0 Å². The van der Waals surface area contributed by atoms with Crippen molar-refractivity contribution in [2.24, 2.45) is 0 Å². The van der Waals surface area contributed by atoms with Gasteiger partial charge in [-0.1, -0.05) is 0 Å². The zero-order valence-corrected chi connectivity index (χ0v) is 10.1. The summed E-state index contributed by atoms with van der Waals surface area (Å²) >= 11 is 0. The van der Waals surface area contributed by atoms with E-state index in [0.29, 0.717) is 0 Å². The lowest BCUT2D eigenvalue weighted by Gasteiger charge is -2.23. The number of nitrogens with zero attached hydrogens (tertiary/aromatic N) is 2. The number of aromatic nitrogens is 1. The highest BCUT2D eigenvalue weighted by Gasteiger charge is 2.25. The van der Waals surface area contributed by atoms with Crippen LogP contribution in [0.1, 0.15) is 31.7 Å². The minimum Gasteiger partial charge on any atom is -0.390 e. The Morgan fingerprint density at radius 3 is 2.94 bits per heavy atom. The maximum absolute atomic E-state index is 10.0. The third-order valence-electron chi connectivity index (χ3n) is 3.29. The van der Waals surface area contributed by atoms with Crippen molar-refractivity contribution in [1.29, 1.82) is 0 Å². The Balaban J connectivity index is 2.11. The standard InChI is InChI=1S/C13H20N2O/c1-11-4-7-14-12(10-11)15-8-3-5-13(2,16)6-9-15/h4,7,10,16H,3,5-6,8-9H2,1-2H3. The van der Waals surface area contributed by atoms with Gasteiger partial charge in [-0.2, -0.15) is 0 Å². The lowest BCUT2D eigenvalue weighted by atomic mass is 9.98. The Hall–Kier alpha value is -1.09. The molecule has 1 saturated heterocycles. The number of hydrogen-bond acceptors (Lipinski definition) is 3. The molecule has 88 valence electrons. The number of pyridine rings is 1. The first-order valence-electron chi connectivity index (χ1n) is 5.97. The van der Waals surface area contributed by atoms with E-state index in [0.717, 1.165) is 38.2 Å². The Labute approximate surface area is 97.1 Å². The Kier molecular flexibility index (Phi) is 3.15. The van der Waals surface area contributed by atoms with Crippen molar-refractivity contribution in [1.82, 2.24) is 4.98 Å². The third kappa shape index (κ3) is 2.73. The van der Waals surface area contributed by atoms with E-state index < -0.39 is 5.60 Å². The van der Waals surface area contributed by atoms with Gasteiger partial charge in [0.2, 0.25) is 0 Å². The fourth-order valence-corrected chi connectivity index (χ4v) is 2.19. The maximum atomic E-state index is 10.0. The largest absolute Gasteiger partial charge is 0.390 e. The van der Waals surface area contributed by atoms with Crippen LogP contribution in [0.2, 0.25) is 0 Å². The molecular weight excluding hydrogens is 200 g/mol. The molecule has 3 heteroatoms. The molecule has 0 radical (unpaired) electrons. The van der Waals surface area contributed by atoms with Gasteiger partial charge in [0.05, 0.1) is 5.60 Å². The highest BCUT2D eigenvalue weighted by Crippen LogP contribution is 2.24. The molecule has 1 aliphatic rings. The van der Waals surface area contributed by atoms with Crippen molar-refractivity contribution in [2.45, 2.75) is 38.7 Å². The first-order chi connectivity index (χ1) is 7.57. The van der Waals surface area contributed by atoms with Crippen LogP contribution in [-0.2, 0) is 0 Å². The van der Waals surface area contributed by atoms with Crippen LogP contribution in [0.4, 0.5) is 5.82 Å². The molecule has 1 aromatic rings. The Bertz CT molecular complexity index is 363. The number of rotatable bonds is 1. The average molecular weight is 220 g/mol. The lowest BCUT2D eigenvalue weighted by Crippen LogP contribution is -2.28. The summed E-state index contributed by atoms with van der Waals surface area (Å²) in [5, 5.41) is 10.0. The van der Waals surface area contributed by atoms with Gasteiger partial charge in [0.15, 0.2) is 0 Å². The molecule has 0 aromatic carbocycles. The predicted octanol–water partition coefficient (Wildman–Crippen LogP) is 2.13. The van der Waals surface area contributed by atoms with E-state index in [-0.39, 0.29) is 0 Å². The summed E-state index contributed by atoms with van der Waals surface area (Å²) < 4.78 is 0. The third-order valence-corrected chi connectivity index (χ3v) is 3.29. The predicted molar refractivity (Wildman–Crippen MR) is 65.7 cm³/mol. The Morgan fingerprint density at radius 1 is 1.38 bits per heavy atom. The quantitative estimate of drug-likeness (QED) is 0.787. The molecule has 3 nitrogen and oxygen atoms in total. The number of hydrogen-bond donors (Lipinski definition) is 1. The van der Waals surface area contributed by atoms with Gasteiger partial charge in [-0.25, -0.2) is 4.98 Å². The molecule has 1 atom stereocenters. The molecular formula is C13H20N2O. The highest BCUT2D eigenvalue weighted by molar-refractivity contribution is 5.40. The summed E-state index contributed by atoms with van der Waals surface area (Å²) in [6, 6.07) is 4.12. The van der Waals surface area contributed by atoms with E-state index in [2.05, 4.69) is 22.9 Å². The lowest BCUT2D eigenvalue weighted by molar-refractivity contribution is 0.0481. The van der Waals surface area contributed by atoms with Gasteiger partial charge in [0.25, 0.3) is 0 Å². The van der Waals surface area contributed by atoms with Gasteiger partial charge in [0, 0.05) is 19.3 Å². The second-order valence-electron chi connectivity index (χ2n) is 5.03. The molecule has 0 spiro atoms. The molecule has 0 saturated carbocycles. The van der Waals surface area contributed by atoms with Crippen LogP contribution in [0.3, 0.4) is 0 Å². The summed E-state index contributed by atoms with van der Waals surface area (Å²) in [5.74, 6) is 1.04. The van der Waals surface area contributed by atoms with Crippen molar-refractivity contribution in [3.63, 3.8) is 0 Å². The second-order valence-corrected chi connectivity index (χ2v) is 5.03. The topological polar surface area (TPSA) is 36.4 Å². The van der Waals surface area contributed by atoms with Gasteiger partial charge < -0.3 is 10.0 Å². The van der Waals surface area contributed by atoms with Crippen LogP contribution in [-0.4, -0.2) is 28.8 Å². The molecule has 0 bridgehead atoms. The number of aryl methyl sites for hydroxylation is 1. The monoisotopic (exact) mass is 220 g/mol. The molecule has 1 aromatic heterocycles. The summed E-state index contributed by atoms with van der Waals surface area (Å²) in [4.78, 5) is 6.67. The van der Waals surface area contributed by atoms with Crippen molar-refractivity contribution < 1.29 is 5.11 Å². The molecule has 1 unspecified atom stereocenters. The average Bonchev–Trinajstić information content (AvgIpc) is 2.39. The van der Waals surface area contributed by atoms with Gasteiger partial charge >= 0.3 is 0 Å². The summed E-state index contributed by atoms with van der Waals surface area (Å²) in [6.07, 6.45) is 4.59. The van der Waals surface area contributed by atoms with E-state index in [1.807, 2.05) is 19.2 Å². The highest BCUT2D eigenvalue weighted by atomic mass is 16.3. The van der Waals surface area contributed by atoms with Crippen LogP contribution in [0.5, 0.6) is 0 Å². The van der Waals surface area contributed by atoms with Crippen LogP contribution in [0.15, 0.2) is 18.3 Å². The van der Waals surface area contributed by atoms with Gasteiger partial charge in [-0.3, -0.25) is 0 Å². The van der Waals surface area contributed by atoms with Crippen molar-refractivity contribution >= 4 is 5.82 Å². The van der Waals surface area contributed by atoms with Gasteiger partial charge in [-0.15, -0.1) is 0 Å².